The smallest absolute Gasteiger partial charge is 0.132 e. The lowest BCUT2D eigenvalue weighted by Gasteiger charge is -2.18. The molecule has 2 N–H and O–H groups in total. The second kappa shape index (κ2) is 5.05. The molecule has 0 bridgehead atoms. The Bertz CT molecular complexity index is 667. The number of hydrogen-bond donors (Lipinski definition) is 1. The Kier molecular flexibility index (Phi) is 3.59. The third-order valence-corrected chi connectivity index (χ3v) is 3.33. The van der Waals surface area contributed by atoms with E-state index in [1.807, 2.05) is 22.8 Å². The van der Waals surface area contributed by atoms with Gasteiger partial charge in [0.25, 0.3) is 0 Å². The zero-order valence-corrected chi connectivity index (χ0v) is 12.6. The average molecular weight is 267 g/mol. The van der Waals surface area contributed by atoms with Crippen molar-refractivity contribution < 1.29 is 0 Å². The molecule has 0 aliphatic carbocycles. The Hall–Kier alpha value is -2.21. The number of rotatable bonds is 2. The predicted molar refractivity (Wildman–Crippen MR) is 84.3 cm³/mol. The molecular weight excluding hydrogens is 246 g/mol. The summed E-state index contributed by atoms with van der Waals surface area (Å²) in [5.74, 6) is 4.22. The molecule has 20 heavy (non-hydrogen) atoms. The van der Waals surface area contributed by atoms with Crippen molar-refractivity contribution in [1.82, 2.24) is 9.55 Å². The summed E-state index contributed by atoms with van der Waals surface area (Å²) in [6, 6.07) is 8.11. The Morgan fingerprint density at radius 1 is 1.30 bits per heavy atom. The van der Waals surface area contributed by atoms with Gasteiger partial charge in [0.1, 0.15) is 17.3 Å². The molecule has 0 saturated carbocycles. The Labute approximate surface area is 120 Å². The summed E-state index contributed by atoms with van der Waals surface area (Å²) in [4.78, 5) is 4.77. The van der Waals surface area contributed by atoms with E-state index in [-0.39, 0.29) is 5.41 Å². The fourth-order valence-electron chi connectivity index (χ4n) is 2.33. The van der Waals surface area contributed by atoms with Gasteiger partial charge in [0.2, 0.25) is 0 Å². The number of terminal acetylenes is 1. The lowest BCUT2D eigenvalue weighted by atomic mass is 9.95. The van der Waals surface area contributed by atoms with E-state index in [0.717, 1.165) is 22.6 Å². The van der Waals surface area contributed by atoms with E-state index in [0.29, 0.717) is 12.4 Å². The van der Waals surface area contributed by atoms with Gasteiger partial charge >= 0.3 is 0 Å². The zero-order chi connectivity index (χ0) is 14.9. The minimum Gasteiger partial charge on any atom is -0.383 e. The number of aromatic nitrogens is 2. The zero-order valence-electron chi connectivity index (χ0n) is 12.6. The number of nitrogen functional groups attached to an aromatic ring is 1. The van der Waals surface area contributed by atoms with E-state index in [1.54, 1.807) is 0 Å². The van der Waals surface area contributed by atoms with Gasteiger partial charge in [-0.25, -0.2) is 4.98 Å². The summed E-state index contributed by atoms with van der Waals surface area (Å²) >= 11 is 0. The number of anilines is 1. The lowest BCUT2D eigenvalue weighted by Crippen LogP contribution is -2.19. The van der Waals surface area contributed by atoms with E-state index in [9.17, 15) is 0 Å². The molecule has 0 amide bonds. The largest absolute Gasteiger partial charge is 0.383 e. The number of nitrogens with two attached hydrogens (primary N) is 1. The molecule has 0 aliphatic rings. The maximum absolute atomic E-state index is 6.29. The van der Waals surface area contributed by atoms with Crippen LogP contribution in [0.2, 0.25) is 0 Å². The molecule has 1 aromatic carbocycles. The topological polar surface area (TPSA) is 43.8 Å². The van der Waals surface area contributed by atoms with Crippen molar-refractivity contribution in [2.75, 3.05) is 5.73 Å². The van der Waals surface area contributed by atoms with Crippen molar-refractivity contribution in [3.05, 3.63) is 35.7 Å². The molecule has 3 heteroatoms. The monoisotopic (exact) mass is 267 g/mol. The molecule has 0 unspecified atom stereocenters. The van der Waals surface area contributed by atoms with Gasteiger partial charge in [0, 0.05) is 11.0 Å². The maximum atomic E-state index is 6.29. The van der Waals surface area contributed by atoms with Crippen LogP contribution in [-0.4, -0.2) is 9.55 Å². The molecule has 0 aliphatic heterocycles. The van der Waals surface area contributed by atoms with E-state index in [1.165, 1.54) is 0 Å². The Morgan fingerprint density at radius 3 is 2.50 bits per heavy atom. The van der Waals surface area contributed by atoms with E-state index < -0.39 is 0 Å². The molecule has 1 heterocycles. The van der Waals surface area contributed by atoms with Gasteiger partial charge in [-0.2, -0.15) is 0 Å². The summed E-state index contributed by atoms with van der Waals surface area (Å²) in [7, 11) is 0. The summed E-state index contributed by atoms with van der Waals surface area (Å²) < 4.78 is 1.93. The van der Waals surface area contributed by atoms with Crippen LogP contribution in [0.3, 0.4) is 0 Å². The summed E-state index contributed by atoms with van der Waals surface area (Å²) in [5, 5.41) is 0. The third-order valence-electron chi connectivity index (χ3n) is 3.33. The van der Waals surface area contributed by atoms with Crippen LogP contribution in [0.5, 0.6) is 0 Å². The van der Waals surface area contributed by atoms with Crippen molar-refractivity contribution in [1.29, 1.82) is 0 Å². The predicted octanol–water partition coefficient (Wildman–Crippen LogP) is 3.37. The number of imidazole rings is 1. The normalized spacial score (nSPS) is 11.3. The number of aryl methyl sites for hydroxylation is 1. The summed E-state index contributed by atoms with van der Waals surface area (Å²) in [6.07, 6.45) is 5.47. The quantitative estimate of drug-likeness (QED) is 0.848. The first-order chi connectivity index (χ1) is 9.36. The highest BCUT2D eigenvalue weighted by molar-refractivity contribution is 5.73. The fraction of sp³-hybridized carbons (Fsp3) is 0.353. The fourth-order valence-corrected chi connectivity index (χ4v) is 2.33. The first-order valence-corrected chi connectivity index (χ1v) is 6.72. The van der Waals surface area contributed by atoms with Crippen LogP contribution in [-0.2, 0) is 12.0 Å². The Balaban J connectivity index is 2.69. The van der Waals surface area contributed by atoms with E-state index in [2.05, 4.69) is 39.7 Å². The van der Waals surface area contributed by atoms with Gasteiger partial charge in [0.15, 0.2) is 0 Å². The second-order valence-electron chi connectivity index (χ2n) is 6.02. The van der Waals surface area contributed by atoms with Crippen molar-refractivity contribution >= 4 is 5.82 Å². The molecule has 0 atom stereocenters. The highest BCUT2D eigenvalue weighted by Crippen LogP contribution is 2.33. The number of benzene rings is 1. The molecule has 1 aromatic heterocycles. The van der Waals surface area contributed by atoms with Gasteiger partial charge in [-0.1, -0.05) is 51.0 Å². The second-order valence-corrected chi connectivity index (χ2v) is 6.02. The van der Waals surface area contributed by atoms with E-state index >= 15 is 0 Å². The van der Waals surface area contributed by atoms with Crippen LogP contribution in [0.1, 0.15) is 32.2 Å². The molecule has 0 saturated heterocycles. The molecule has 0 spiro atoms. The van der Waals surface area contributed by atoms with Crippen LogP contribution >= 0.6 is 0 Å². The van der Waals surface area contributed by atoms with E-state index in [4.69, 9.17) is 17.1 Å². The van der Waals surface area contributed by atoms with Crippen molar-refractivity contribution in [3.8, 4) is 23.6 Å². The first-order valence-electron chi connectivity index (χ1n) is 6.72. The van der Waals surface area contributed by atoms with Crippen molar-refractivity contribution in [3.63, 3.8) is 0 Å². The van der Waals surface area contributed by atoms with Crippen LogP contribution in [0.25, 0.3) is 11.3 Å². The van der Waals surface area contributed by atoms with Crippen LogP contribution in [0, 0.1) is 19.3 Å². The highest BCUT2D eigenvalue weighted by atomic mass is 15.1. The van der Waals surface area contributed by atoms with Crippen LogP contribution in [0.4, 0.5) is 5.82 Å². The summed E-state index contributed by atoms with van der Waals surface area (Å²) in [5.41, 5.74) is 9.23. The van der Waals surface area contributed by atoms with Crippen molar-refractivity contribution in [2.24, 2.45) is 0 Å². The molecule has 0 radical (unpaired) electrons. The Morgan fingerprint density at radius 2 is 1.95 bits per heavy atom. The van der Waals surface area contributed by atoms with Crippen LogP contribution in [0.15, 0.2) is 24.3 Å². The van der Waals surface area contributed by atoms with Gasteiger partial charge in [-0.3, -0.25) is 0 Å². The number of nitrogens with zero attached hydrogens (tertiary/aromatic N) is 2. The van der Waals surface area contributed by atoms with Gasteiger partial charge in [0.05, 0.1) is 6.54 Å². The SMILES string of the molecule is C#CCn1c(C(C)(C)C)nc(-c2ccccc2C)c1N. The van der Waals surface area contributed by atoms with Crippen LogP contribution < -0.4 is 5.73 Å². The average Bonchev–Trinajstić information content (AvgIpc) is 2.68. The molecule has 3 nitrogen and oxygen atoms in total. The third kappa shape index (κ3) is 2.42. The van der Waals surface area contributed by atoms with Crippen molar-refractivity contribution in [2.45, 2.75) is 39.7 Å². The van der Waals surface area contributed by atoms with Gasteiger partial charge in [-0.15, -0.1) is 6.42 Å². The molecule has 0 fully saturated rings. The lowest BCUT2D eigenvalue weighted by molar-refractivity contribution is 0.517. The summed E-state index contributed by atoms with van der Waals surface area (Å²) in [6.45, 7) is 8.85. The standard InChI is InChI=1S/C17H21N3/c1-6-11-20-15(18)14(19-16(20)17(3,4)5)13-10-8-7-9-12(13)2/h1,7-10H,11,18H2,2-5H3. The molecule has 2 rings (SSSR count). The highest BCUT2D eigenvalue weighted by Gasteiger charge is 2.25. The molecule has 104 valence electrons. The number of hydrogen-bond acceptors (Lipinski definition) is 2. The minimum absolute atomic E-state index is 0.105. The molecule has 2 aromatic rings. The van der Waals surface area contributed by atoms with Gasteiger partial charge in [-0.05, 0) is 12.5 Å². The van der Waals surface area contributed by atoms with Gasteiger partial charge < -0.3 is 10.3 Å². The maximum Gasteiger partial charge on any atom is 0.132 e. The molecular formula is C17H21N3. The minimum atomic E-state index is -0.105. The first kappa shape index (κ1) is 14.2.